The Kier molecular flexibility index (Phi) is 7.79. The van der Waals surface area contributed by atoms with Crippen LogP contribution < -0.4 is 15.6 Å². The van der Waals surface area contributed by atoms with Crippen LogP contribution in [0.15, 0.2) is 36.4 Å². The average Bonchev–Trinajstić information content (AvgIpc) is 2.66. The van der Waals surface area contributed by atoms with E-state index in [9.17, 15) is 9.90 Å². The highest BCUT2D eigenvalue weighted by atomic mass is 16.5. The third-order valence-corrected chi connectivity index (χ3v) is 3.93. The van der Waals surface area contributed by atoms with Crippen LogP contribution in [0.5, 0.6) is 5.75 Å². The predicted octanol–water partition coefficient (Wildman–Crippen LogP) is -1.35. The number of methoxy groups -OCH3 is 1. The molecule has 25 heavy (non-hydrogen) atoms. The summed E-state index contributed by atoms with van der Waals surface area (Å²) in [6.07, 6.45) is 0. The van der Waals surface area contributed by atoms with E-state index >= 15 is 0 Å². The predicted molar refractivity (Wildman–Crippen MR) is 90.8 cm³/mol. The van der Waals surface area contributed by atoms with E-state index in [4.69, 9.17) is 20.1 Å². The molecule has 0 unspecified atom stereocenters. The van der Waals surface area contributed by atoms with E-state index in [-0.39, 0.29) is 19.8 Å². The van der Waals surface area contributed by atoms with E-state index in [0.29, 0.717) is 0 Å². The standard InChI is InChI=1S/C14H14O3.C4H11NO3/c1-9(14(15)16)10-3-4-12-8-13(17-2)6-5-11(12)7-10;5-4(1-6,2-7)3-8/h3-9H,1-2H3,(H,15,16);6-8H,1-3,5H2/t9-;/m1./s1. The van der Waals surface area contributed by atoms with Crippen molar-refractivity contribution in [2.45, 2.75) is 18.4 Å². The van der Waals surface area contributed by atoms with Crippen LogP contribution in [0, 0.1) is 0 Å². The number of quaternary nitrogens is 1. The molecular formula is C18H25NO6. The maximum absolute atomic E-state index is 10.8. The van der Waals surface area contributed by atoms with Crippen LogP contribution in [-0.4, -0.2) is 53.8 Å². The Bertz CT molecular complexity index is 691. The van der Waals surface area contributed by atoms with Crippen LogP contribution in [-0.2, 0) is 4.79 Å². The van der Waals surface area contributed by atoms with E-state index in [1.165, 1.54) is 0 Å². The second-order valence-electron chi connectivity index (χ2n) is 5.99. The quantitative estimate of drug-likeness (QED) is 0.507. The molecule has 0 aliphatic rings. The normalized spacial score (nSPS) is 12.2. The van der Waals surface area contributed by atoms with E-state index < -0.39 is 17.4 Å². The van der Waals surface area contributed by atoms with Crippen LogP contribution in [0.1, 0.15) is 18.4 Å². The van der Waals surface area contributed by atoms with Gasteiger partial charge in [0.05, 0.1) is 7.11 Å². The second-order valence-corrected chi connectivity index (χ2v) is 5.99. The molecule has 0 radical (unpaired) electrons. The average molecular weight is 351 g/mol. The molecule has 7 heteroatoms. The van der Waals surface area contributed by atoms with E-state index in [1.54, 1.807) is 14.0 Å². The van der Waals surface area contributed by atoms with Crippen LogP contribution in [0.25, 0.3) is 10.8 Å². The Hall–Kier alpha value is -2.19. The minimum Gasteiger partial charge on any atom is -0.550 e. The zero-order valence-electron chi connectivity index (χ0n) is 14.4. The van der Waals surface area contributed by atoms with E-state index in [0.717, 1.165) is 22.1 Å². The summed E-state index contributed by atoms with van der Waals surface area (Å²) in [5.74, 6) is -0.863. The van der Waals surface area contributed by atoms with E-state index in [1.807, 2.05) is 36.4 Å². The second kappa shape index (κ2) is 9.33. The first-order valence-corrected chi connectivity index (χ1v) is 7.76. The van der Waals surface area contributed by atoms with Crippen molar-refractivity contribution in [1.29, 1.82) is 0 Å². The van der Waals surface area contributed by atoms with Crippen molar-refractivity contribution in [3.05, 3.63) is 42.0 Å². The number of carboxylic acid groups (broad SMARTS) is 1. The maximum Gasteiger partial charge on any atom is 0.164 e. The number of carbonyl (C=O) groups is 1. The summed E-state index contributed by atoms with van der Waals surface area (Å²) >= 11 is 0. The number of carboxylic acids is 1. The molecule has 0 aliphatic carbocycles. The summed E-state index contributed by atoms with van der Waals surface area (Å²) < 4.78 is 5.13. The zero-order chi connectivity index (χ0) is 19.0. The number of benzene rings is 2. The summed E-state index contributed by atoms with van der Waals surface area (Å²) in [7, 11) is 1.62. The first-order valence-electron chi connectivity index (χ1n) is 7.76. The van der Waals surface area contributed by atoms with Crippen molar-refractivity contribution in [3.63, 3.8) is 0 Å². The van der Waals surface area contributed by atoms with Gasteiger partial charge in [0.2, 0.25) is 0 Å². The van der Waals surface area contributed by atoms with Crippen LogP contribution in [0.2, 0.25) is 0 Å². The molecule has 2 rings (SSSR count). The highest BCUT2D eigenvalue weighted by Crippen LogP contribution is 2.24. The summed E-state index contributed by atoms with van der Waals surface area (Å²) in [4.78, 5) is 10.8. The highest BCUT2D eigenvalue weighted by Gasteiger charge is 2.25. The van der Waals surface area contributed by atoms with Gasteiger partial charge in [-0.2, -0.15) is 0 Å². The largest absolute Gasteiger partial charge is 0.550 e. The Morgan fingerprint density at radius 2 is 1.64 bits per heavy atom. The first kappa shape index (κ1) is 20.9. The summed E-state index contributed by atoms with van der Waals surface area (Å²) in [5.41, 5.74) is 3.17. The molecule has 0 saturated carbocycles. The fourth-order valence-corrected chi connectivity index (χ4v) is 1.92. The van der Waals surface area contributed by atoms with Gasteiger partial charge in [0, 0.05) is 11.9 Å². The van der Waals surface area contributed by atoms with Crippen molar-refractivity contribution in [3.8, 4) is 5.75 Å². The Morgan fingerprint density at radius 1 is 1.12 bits per heavy atom. The molecular weight excluding hydrogens is 326 g/mol. The molecule has 6 N–H and O–H groups in total. The van der Waals surface area contributed by atoms with Gasteiger partial charge in [-0.05, 0) is 28.5 Å². The van der Waals surface area contributed by atoms with Gasteiger partial charge in [-0.15, -0.1) is 0 Å². The third kappa shape index (κ3) is 5.68. The van der Waals surface area contributed by atoms with Crippen LogP contribution in [0.4, 0.5) is 0 Å². The Morgan fingerprint density at radius 3 is 2.08 bits per heavy atom. The molecule has 0 fully saturated rings. The molecule has 7 nitrogen and oxygen atoms in total. The molecule has 0 amide bonds. The number of hydrogen-bond acceptors (Lipinski definition) is 6. The molecule has 0 heterocycles. The molecule has 0 spiro atoms. The molecule has 0 aromatic heterocycles. The zero-order valence-corrected chi connectivity index (χ0v) is 14.4. The topological polar surface area (TPSA) is 138 Å². The number of aliphatic hydroxyl groups excluding tert-OH is 3. The number of rotatable bonds is 6. The molecule has 0 saturated heterocycles. The lowest BCUT2D eigenvalue weighted by Crippen LogP contribution is -2.78. The van der Waals surface area contributed by atoms with Crippen molar-refractivity contribution in [2.24, 2.45) is 0 Å². The van der Waals surface area contributed by atoms with Gasteiger partial charge >= 0.3 is 0 Å². The van der Waals surface area contributed by atoms with E-state index in [2.05, 4.69) is 5.73 Å². The molecule has 138 valence electrons. The number of hydrogen-bond donors (Lipinski definition) is 4. The first-order chi connectivity index (χ1) is 11.8. The summed E-state index contributed by atoms with van der Waals surface area (Å²) in [5, 5.41) is 38.0. The van der Waals surface area contributed by atoms with Gasteiger partial charge in [-0.1, -0.05) is 31.2 Å². The summed E-state index contributed by atoms with van der Waals surface area (Å²) in [6.45, 7) is 0.750. The third-order valence-electron chi connectivity index (χ3n) is 3.93. The lowest BCUT2D eigenvalue weighted by atomic mass is 9.98. The molecule has 0 bridgehead atoms. The van der Waals surface area contributed by atoms with Gasteiger partial charge < -0.3 is 35.7 Å². The Balaban J connectivity index is 0.000000333. The smallest absolute Gasteiger partial charge is 0.164 e. The van der Waals surface area contributed by atoms with Crippen molar-refractivity contribution >= 4 is 16.7 Å². The minimum atomic E-state index is -1.06. The molecule has 1 atom stereocenters. The molecule has 2 aromatic rings. The minimum absolute atomic E-state index is 0.292. The lowest BCUT2D eigenvalue weighted by Gasteiger charge is -2.16. The number of carbonyl (C=O) groups excluding carboxylic acids is 1. The van der Waals surface area contributed by atoms with Crippen LogP contribution in [0.3, 0.4) is 0 Å². The number of aliphatic carboxylic acids is 1. The lowest BCUT2D eigenvalue weighted by molar-refractivity contribution is -0.494. The monoisotopic (exact) mass is 351 g/mol. The van der Waals surface area contributed by atoms with Crippen molar-refractivity contribution < 1.29 is 35.7 Å². The number of fused-ring (bicyclic) bond motifs is 1. The van der Waals surface area contributed by atoms with Gasteiger partial charge in [0.1, 0.15) is 25.6 Å². The van der Waals surface area contributed by atoms with Gasteiger partial charge in [0.15, 0.2) is 5.54 Å². The van der Waals surface area contributed by atoms with Gasteiger partial charge in [-0.25, -0.2) is 0 Å². The fraction of sp³-hybridized carbons (Fsp3) is 0.389. The van der Waals surface area contributed by atoms with Crippen LogP contribution >= 0.6 is 0 Å². The Labute approximate surface area is 146 Å². The number of ether oxygens (including phenoxy) is 1. The fourth-order valence-electron chi connectivity index (χ4n) is 1.92. The SMILES string of the molecule is COc1ccc2cc([C@@H](C)C(=O)[O-])ccc2c1.[NH3+]C(CO)(CO)CO. The highest BCUT2D eigenvalue weighted by molar-refractivity contribution is 5.86. The van der Waals surface area contributed by atoms with Gasteiger partial charge in [-0.3, -0.25) is 0 Å². The van der Waals surface area contributed by atoms with Crippen molar-refractivity contribution in [2.75, 3.05) is 26.9 Å². The maximum atomic E-state index is 10.8. The molecule has 0 aliphatic heterocycles. The number of aliphatic hydroxyl groups is 3. The van der Waals surface area contributed by atoms with Crippen molar-refractivity contribution in [1.82, 2.24) is 0 Å². The summed E-state index contributed by atoms with van der Waals surface area (Å²) in [6, 6.07) is 11.3. The van der Waals surface area contributed by atoms with Gasteiger partial charge in [0.25, 0.3) is 0 Å². The molecule has 2 aromatic carbocycles.